The van der Waals surface area contributed by atoms with Crippen LogP contribution in [0.5, 0.6) is 23.0 Å². The van der Waals surface area contributed by atoms with Crippen LogP contribution in [0.3, 0.4) is 0 Å². The molecule has 0 bridgehead atoms. The van der Waals surface area contributed by atoms with E-state index in [1.165, 1.54) is 0 Å². The van der Waals surface area contributed by atoms with Crippen molar-refractivity contribution in [3.05, 3.63) is 237 Å². The van der Waals surface area contributed by atoms with Gasteiger partial charge in [-0.25, -0.2) is 9.59 Å². The van der Waals surface area contributed by atoms with E-state index in [1.807, 2.05) is 168 Å². The van der Waals surface area contributed by atoms with Crippen molar-refractivity contribution in [3.8, 4) is 45.3 Å². The van der Waals surface area contributed by atoms with Crippen molar-refractivity contribution in [2.75, 3.05) is 28.4 Å². The molecule has 0 saturated carbocycles. The number of fused-ring (bicyclic) bond motifs is 2. The minimum absolute atomic E-state index is 0.153. The van der Waals surface area contributed by atoms with Crippen LogP contribution in [0.25, 0.3) is 44.1 Å². The topological polar surface area (TPSA) is 169 Å². The van der Waals surface area contributed by atoms with E-state index in [0.717, 1.165) is 83.3 Å². The molecule has 3 N–H and O–H groups in total. The van der Waals surface area contributed by atoms with Gasteiger partial charge in [0.1, 0.15) is 28.6 Å². The molecule has 14 nitrogen and oxygen atoms in total. The van der Waals surface area contributed by atoms with Gasteiger partial charge in [-0.2, -0.15) is 0 Å². The number of carboxylic acid groups (broad SMARTS) is 1. The van der Waals surface area contributed by atoms with Crippen LogP contribution in [0, 0.1) is 27.7 Å². The maximum atomic E-state index is 13.4. The van der Waals surface area contributed by atoms with Crippen molar-refractivity contribution in [3.63, 3.8) is 0 Å². The lowest BCUT2D eigenvalue weighted by Crippen LogP contribution is -2.27. The van der Waals surface area contributed by atoms with E-state index in [4.69, 9.17) is 23.7 Å². The Bertz CT molecular complexity index is 4230. The summed E-state index contributed by atoms with van der Waals surface area (Å²) in [6.07, 6.45) is 0. The third kappa shape index (κ3) is 13.6. The zero-order valence-corrected chi connectivity index (χ0v) is 52.3. The predicted molar refractivity (Wildman–Crippen MR) is 348 cm³/mol. The van der Waals surface area contributed by atoms with Crippen molar-refractivity contribution < 1.29 is 48.0 Å². The quantitative estimate of drug-likeness (QED) is 0.0703. The normalized spacial score (nSPS) is 11.9. The van der Waals surface area contributed by atoms with Gasteiger partial charge in [0, 0.05) is 80.7 Å². The first-order valence-electron chi connectivity index (χ1n) is 29.2. The molecule has 0 radical (unpaired) electrons. The summed E-state index contributed by atoms with van der Waals surface area (Å²) in [6.45, 7) is 19.2. The van der Waals surface area contributed by atoms with E-state index in [1.54, 1.807) is 52.7 Å². The van der Waals surface area contributed by atoms with Crippen LogP contribution < -0.4 is 29.6 Å². The maximum Gasteiger partial charge on any atom is 0.339 e. The Kier molecular flexibility index (Phi) is 18.9. The van der Waals surface area contributed by atoms with E-state index in [0.29, 0.717) is 58.3 Å². The molecule has 8 aromatic carbocycles. The Morgan fingerprint density at radius 2 is 0.886 bits per heavy atom. The highest BCUT2D eigenvalue weighted by Crippen LogP contribution is 2.35. The lowest BCUT2D eigenvalue weighted by molar-refractivity contribution is 0.00698. The van der Waals surface area contributed by atoms with Crippen LogP contribution >= 0.6 is 0 Å². The number of nitrogens with one attached hydrogen (secondary N) is 2. The van der Waals surface area contributed by atoms with Gasteiger partial charge in [-0.15, -0.1) is 0 Å². The third-order valence-electron chi connectivity index (χ3n) is 16.2. The number of hydrogen-bond acceptors (Lipinski definition) is 9. The van der Waals surface area contributed by atoms with Crippen molar-refractivity contribution in [2.45, 2.75) is 93.1 Å². The first kappa shape index (κ1) is 62.5. The highest BCUT2D eigenvalue weighted by atomic mass is 16.6. The fraction of sp³-hybridized carbons (Fsp3) is 0.243. The molecule has 2 heterocycles. The summed E-state index contributed by atoms with van der Waals surface area (Å²) in [5.41, 5.74) is 15.4. The number of carboxylic acids is 1. The van der Waals surface area contributed by atoms with Gasteiger partial charge in [-0.1, -0.05) is 84.9 Å². The minimum atomic E-state index is -0.942. The average molecular weight is 1180 g/mol. The molecule has 2 amide bonds. The lowest BCUT2D eigenvalue weighted by atomic mass is 9.98. The number of aromatic nitrogens is 2. The van der Waals surface area contributed by atoms with Crippen molar-refractivity contribution in [2.24, 2.45) is 0 Å². The van der Waals surface area contributed by atoms with E-state index >= 15 is 0 Å². The summed E-state index contributed by atoms with van der Waals surface area (Å²) in [6, 6.07) is 53.1. The average Bonchev–Trinajstić information content (AvgIpc) is 2.81. The number of rotatable bonds is 18. The number of hydrogen-bond donors (Lipinski definition) is 3. The molecule has 0 unspecified atom stereocenters. The van der Waals surface area contributed by atoms with Gasteiger partial charge in [0.15, 0.2) is 0 Å². The van der Waals surface area contributed by atoms with Gasteiger partial charge < -0.3 is 48.6 Å². The zero-order valence-electron chi connectivity index (χ0n) is 52.3. The first-order valence-corrected chi connectivity index (χ1v) is 29.2. The second-order valence-corrected chi connectivity index (χ2v) is 23.0. The largest absolute Gasteiger partial charge is 0.497 e. The second-order valence-electron chi connectivity index (χ2n) is 23.0. The standard InChI is InChI=1S/C39H42N2O5.C35H34N2O5/c1-24-26(3)41(23-27-13-15-28(16-14-27)32-11-9-10-12-33(32)38(43)46-39(4,5)6)35-20-17-29(21-34(24)35)37(42)40-25(2)31-19-18-30(44-7)22-36(31)45-8;1-21-23(3)37(20-24-10-12-25(13-11-24)29-8-6-7-9-30(29)35(39)40)32-17-14-26(18-31(21)32)34(38)36-22(2)28-16-15-27(41-4)19-33(28)42-5/h9-22,25H,23H2,1-8H3,(H,40,42);6-19,22H,20H2,1-5H3,(H,36,38)(H,39,40)/t25-;22-/m00/s1. The molecule has 10 rings (SSSR count). The number of amides is 2. The molecule has 0 aliphatic rings. The number of carbonyl (C=O) groups excluding carboxylic acids is 3. The van der Waals surface area contributed by atoms with Crippen LogP contribution in [-0.4, -0.2) is 72.0 Å². The van der Waals surface area contributed by atoms with Gasteiger partial charge in [-0.3, -0.25) is 9.59 Å². The minimum Gasteiger partial charge on any atom is -0.497 e. The number of ether oxygens (including phenoxy) is 5. The number of aryl methyl sites for hydroxylation is 2. The van der Waals surface area contributed by atoms with Crippen LogP contribution in [0.2, 0.25) is 0 Å². The van der Waals surface area contributed by atoms with Gasteiger partial charge in [0.2, 0.25) is 0 Å². The van der Waals surface area contributed by atoms with Gasteiger partial charge in [-0.05, 0) is 180 Å². The van der Waals surface area contributed by atoms with Gasteiger partial charge >= 0.3 is 11.9 Å². The summed E-state index contributed by atoms with van der Waals surface area (Å²) in [4.78, 5) is 51.2. The molecule has 10 aromatic rings. The highest BCUT2D eigenvalue weighted by molar-refractivity contribution is 6.01. The van der Waals surface area contributed by atoms with Crippen molar-refractivity contribution >= 4 is 45.6 Å². The fourth-order valence-electron chi connectivity index (χ4n) is 11.2. The van der Waals surface area contributed by atoms with Crippen LogP contribution in [0.1, 0.15) is 133 Å². The Labute approximate surface area is 514 Å². The summed E-state index contributed by atoms with van der Waals surface area (Å²) in [5.74, 6) is 1.10. The Morgan fingerprint density at radius 3 is 1.27 bits per heavy atom. The molecular formula is C74H76N4O10. The monoisotopic (exact) mass is 1180 g/mol. The summed E-state index contributed by atoms with van der Waals surface area (Å²) >= 11 is 0. The molecule has 0 spiro atoms. The van der Waals surface area contributed by atoms with Gasteiger partial charge in [0.05, 0.1) is 51.6 Å². The van der Waals surface area contributed by atoms with Gasteiger partial charge in [0.25, 0.3) is 11.8 Å². The predicted octanol–water partition coefficient (Wildman–Crippen LogP) is 15.6. The number of esters is 1. The SMILES string of the molecule is COc1ccc([C@H](C)NC(=O)c2ccc3c(c2)c(C)c(C)n3Cc2ccc(-c3ccccc3C(=O)O)cc2)c(OC)c1.COc1ccc([C@H](C)NC(=O)c2ccc3c(c2)c(C)c(C)n3Cc2ccc(-c3ccccc3C(=O)OC(C)(C)C)cc2)c(OC)c1. The molecular weight excluding hydrogens is 1100 g/mol. The smallest absolute Gasteiger partial charge is 0.339 e. The van der Waals surface area contributed by atoms with Crippen LogP contribution in [-0.2, 0) is 17.8 Å². The van der Waals surface area contributed by atoms with Crippen LogP contribution in [0.15, 0.2) is 170 Å². The number of carbonyl (C=O) groups is 4. The van der Waals surface area contributed by atoms with E-state index in [9.17, 15) is 24.3 Å². The van der Waals surface area contributed by atoms with Crippen molar-refractivity contribution in [1.29, 1.82) is 0 Å². The Hall–Kier alpha value is -10.1. The highest BCUT2D eigenvalue weighted by Gasteiger charge is 2.24. The second kappa shape index (κ2) is 26.7. The molecule has 0 saturated heterocycles. The third-order valence-corrected chi connectivity index (χ3v) is 16.2. The molecule has 0 aliphatic heterocycles. The van der Waals surface area contributed by atoms with E-state index in [-0.39, 0.29) is 35.4 Å². The van der Waals surface area contributed by atoms with Crippen molar-refractivity contribution in [1.82, 2.24) is 19.8 Å². The Balaban J connectivity index is 0.000000210. The summed E-state index contributed by atoms with van der Waals surface area (Å²) < 4.78 is 31.8. The Morgan fingerprint density at radius 1 is 0.489 bits per heavy atom. The molecule has 452 valence electrons. The molecule has 0 aliphatic carbocycles. The first-order chi connectivity index (χ1) is 42.1. The maximum absolute atomic E-state index is 13.4. The number of aromatic carboxylic acids is 1. The molecule has 0 fully saturated rings. The van der Waals surface area contributed by atoms with E-state index < -0.39 is 11.6 Å². The molecule has 2 aromatic heterocycles. The summed E-state index contributed by atoms with van der Waals surface area (Å²) in [7, 11) is 6.42. The number of methoxy groups -OCH3 is 4. The summed E-state index contributed by atoms with van der Waals surface area (Å²) in [5, 5.41) is 17.8. The zero-order chi connectivity index (χ0) is 63.1. The lowest BCUT2D eigenvalue weighted by Gasteiger charge is -2.20. The molecule has 88 heavy (non-hydrogen) atoms. The fourth-order valence-corrected chi connectivity index (χ4v) is 11.2. The number of nitrogens with zero attached hydrogens (tertiary/aromatic N) is 2. The molecule has 2 atom stereocenters. The number of benzene rings is 8. The van der Waals surface area contributed by atoms with E-state index in [2.05, 4.69) is 59.6 Å². The molecule has 14 heteroatoms. The van der Waals surface area contributed by atoms with Crippen LogP contribution in [0.4, 0.5) is 0 Å².